The standard InChI is InChI=1S/C24H23N2O/c1-14(2)17-8-10-21(26(6)13-17)23-15(3)7-9-18-19-11-16(4)20(25-5)12-22(19)27-24(18)23/h7-14H,1-4,6H3/q+1/i8D,10D,13D,14D. The van der Waals surface area contributed by atoms with Gasteiger partial charge in [-0.05, 0) is 43.0 Å². The number of furan rings is 1. The highest BCUT2D eigenvalue weighted by Gasteiger charge is 2.21. The van der Waals surface area contributed by atoms with Crippen molar-refractivity contribution in [3.63, 3.8) is 0 Å². The molecule has 0 amide bonds. The molecule has 0 saturated heterocycles. The van der Waals surface area contributed by atoms with Gasteiger partial charge >= 0.3 is 0 Å². The molecule has 3 nitrogen and oxygen atoms in total. The van der Waals surface area contributed by atoms with E-state index in [4.69, 9.17) is 16.5 Å². The van der Waals surface area contributed by atoms with Crippen LogP contribution in [0, 0.1) is 20.4 Å². The highest BCUT2D eigenvalue weighted by atomic mass is 16.3. The lowest BCUT2D eigenvalue weighted by Crippen LogP contribution is -2.31. The Morgan fingerprint density at radius 2 is 1.93 bits per heavy atom. The topological polar surface area (TPSA) is 21.4 Å². The Labute approximate surface area is 165 Å². The number of aryl methyl sites for hydroxylation is 2. The van der Waals surface area contributed by atoms with Crippen LogP contribution in [0.4, 0.5) is 5.69 Å². The average molecular weight is 359 g/mol. The molecule has 4 aromatic rings. The maximum atomic E-state index is 8.74. The molecule has 2 aromatic carbocycles. The molecule has 0 radical (unpaired) electrons. The van der Waals surface area contributed by atoms with Crippen LogP contribution in [0.2, 0.25) is 0 Å². The second-order valence-electron chi connectivity index (χ2n) is 7.13. The molecule has 134 valence electrons. The summed E-state index contributed by atoms with van der Waals surface area (Å²) in [6, 6.07) is 7.42. The zero-order chi connectivity index (χ0) is 22.8. The number of nitrogens with zero attached hydrogens (tertiary/aromatic N) is 2. The highest BCUT2D eigenvalue weighted by Crippen LogP contribution is 2.39. The lowest BCUT2D eigenvalue weighted by Gasteiger charge is -2.08. The number of hydrogen-bond donors (Lipinski definition) is 0. The van der Waals surface area contributed by atoms with Crippen LogP contribution in [0.3, 0.4) is 0 Å². The van der Waals surface area contributed by atoms with Gasteiger partial charge in [-0.1, -0.05) is 32.0 Å². The second kappa shape index (κ2) is 6.25. The van der Waals surface area contributed by atoms with Gasteiger partial charge in [0.25, 0.3) is 0 Å². The molecule has 2 aromatic heterocycles. The van der Waals surface area contributed by atoms with Crippen molar-refractivity contribution >= 4 is 27.6 Å². The maximum absolute atomic E-state index is 8.74. The van der Waals surface area contributed by atoms with Gasteiger partial charge in [-0.3, -0.25) is 0 Å². The van der Waals surface area contributed by atoms with E-state index in [-0.39, 0.29) is 23.8 Å². The van der Waals surface area contributed by atoms with Crippen LogP contribution in [-0.2, 0) is 7.05 Å². The van der Waals surface area contributed by atoms with Crippen molar-refractivity contribution in [1.29, 1.82) is 0 Å². The van der Waals surface area contributed by atoms with Gasteiger partial charge in [0.1, 0.15) is 19.6 Å². The number of rotatable bonds is 2. The van der Waals surface area contributed by atoms with E-state index in [0.29, 0.717) is 28.1 Å². The summed E-state index contributed by atoms with van der Waals surface area (Å²) in [6.07, 6.45) is 0.0367. The predicted molar refractivity (Wildman–Crippen MR) is 110 cm³/mol. The van der Waals surface area contributed by atoms with Gasteiger partial charge in [-0.2, -0.15) is 0 Å². The molecule has 4 rings (SSSR count). The van der Waals surface area contributed by atoms with Crippen molar-refractivity contribution in [3.8, 4) is 11.3 Å². The van der Waals surface area contributed by atoms with Gasteiger partial charge in [0.15, 0.2) is 11.9 Å². The highest BCUT2D eigenvalue weighted by molar-refractivity contribution is 6.10. The largest absolute Gasteiger partial charge is 0.456 e. The van der Waals surface area contributed by atoms with Crippen LogP contribution in [0.25, 0.3) is 38.0 Å². The van der Waals surface area contributed by atoms with Crippen molar-refractivity contribution in [2.45, 2.75) is 33.6 Å². The molecule has 2 heterocycles. The fourth-order valence-corrected chi connectivity index (χ4v) is 3.42. The SMILES string of the molecule is [2H]c1c([2H])c(-c2c(C)ccc3c2oc2cc([N+]#[C-])c(C)cc23)[n+](C)c([2H])c1C([2H])(C)C. The summed E-state index contributed by atoms with van der Waals surface area (Å²) in [6.45, 7) is 14.4. The number of hydrogen-bond acceptors (Lipinski definition) is 1. The first kappa shape index (κ1) is 13.1. The van der Waals surface area contributed by atoms with E-state index < -0.39 is 5.89 Å². The molecule has 0 spiro atoms. The Morgan fingerprint density at radius 1 is 1.15 bits per heavy atom. The average Bonchev–Trinajstić information content (AvgIpc) is 3.03. The fourth-order valence-electron chi connectivity index (χ4n) is 3.42. The molecule has 0 saturated carbocycles. The summed E-state index contributed by atoms with van der Waals surface area (Å²) in [5.41, 5.74) is 4.69. The summed E-state index contributed by atoms with van der Waals surface area (Å²) in [4.78, 5) is 3.56. The molecule has 0 N–H and O–H groups in total. The molecule has 0 atom stereocenters. The Bertz CT molecular complexity index is 1410. The van der Waals surface area contributed by atoms with E-state index in [2.05, 4.69) is 4.85 Å². The Hall–Kier alpha value is -3.12. The van der Waals surface area contributed by atoms with Crippen molar-refractivity contribution in [2.75, 3.05) is 0 Å². The molecule has 0 bridgehead atoms. The molecule has 0 fully saturated rings. The van der Waals surface area contributed by atoms with E-state index in [1.54, 1.807) is 31.5 Å². The van der Waals surface area contributed by atoms with E-state index in [9.17, 15) is 0 Å². The third-order valence-electron chi connectivity index (χ3n) is 4.94. The minimum Gasteiger partial charge on any atom is -0.456 e. The summed E-state index contributed by atoms with van der Waals surface area (Å²) >= 11 is 0. The van der Waals surface area contributed by atoms with Crippen LogP contribution in [-0.4, -0.2) is 0 Å². The number of fused-ring (bicyclic) bond motifs is 3. The van der Waals surface area contributed by atoms with Gasteiger partial charge in [0.2, 0.25) is 5.69 Å². The van der Waals surface area contributed by atoms with Gasteiger partial charge in [-0.25, -0.2) is 9.41 Å². The fraction of sp³-hybridized carbons (Fsp3) is 0.250. The van der Waals surface area contributed by atoms with Gasteiger partial charge in [0, 0.05) is 23.7 Å². The molecular weight excluding hydrogens is 332 g/mol. The van der Waals surface area contributed by atoms with Crippen molar-refractivity contribution < 1.29 is 14.5 Å². The van der Waals surface area contributed by atoms with Gasteiger partial charge < -0.3 is 4.42 Å². The normalized spacial score (nSPS) is 13.9. The Balaban J connectivity index is 2.16. The van der Waals surface area contributed by atoms with Crippen molar-refractivity contribution in [2.24, 2.45) is 7.05 Å². The second-order valence-corrected chi connectivity index (χ2v) is 7.13. The van der Waals surface area contributed by atoms with Crippen LogP contribution >= 0.6 is 0 Å². The minimum atomic E-state index is -1.17. The molecular formula is C24H23N2O+. The summed E-state index contributed by atoms with van der Waals surface area (Å²) < 4.78 is 42.0. The van der Waals surface area contributed by atoms with Crippen LogP contribution in [0.1, 0.15) is 41.9 Å². The summed E-state index contributed by atoms with van der Waals surface area (Å²) in [5.74, 6) is -1.17. The summed E-state index contributed by atoms with van der Waals surface area (Å²) in [5, 5.41) is 1.74. The van der Waals surface area contributed by atoms with Gasteiger partial charge in [0.05, 0.1) is 14.9 Å². The molecule has 0 aliphatic rings. The zero-order valence-corrected chi connectivity index (χ0v) is 16.1. The van der Waals surface area contributed by atoms with E-state index in [0.717, 1.165) is 21.9 Å². The van der Waals surface area contributed by atoms with Crippen LogP contribution < -0.4 is 4.57 Å². The van der Waals surface area contributed by atoms with Crippen LogP contribution in [0.15, 0.2) is 46.9 Å². The van der Waals surface area contributed by atoms with Crippen LogP contribution in [0.5, 0.6) is 0 Å². The molecule has 0 aliphatic carbocycles. The third-order valence-corrected chi connectivity index (χ3v) is 4.94. The lowest BCUT2D eigenvalue weighted by atomic mass is 9.98. The first-order valence-electron chi connectivity index (χ1n) is 10.8. The van der Waals surface area contributed by atoms with E-state index in [1.165, 1.54) is 0 Å². The number of benzene rings is 2. The van der Waals surface area contributed by atoms with Crippen molar-refractivity contribution in [1.82, 2.24) is 0 Å². The van der Waals surface area contributed by atoms with E-state index >= 15 is 0 Å². The summed E-state index contributed by atoms with van der Waals surface area (Å²) in [7, 11) is 1.69. The third kappa shape index (κ3) is 2.69. The first-order chi connectivity index (χ1) is 14.5. The quantitative estimate of drug-likeness (QED) is 0.301. The maximum Gasteiger partial charge on any atom is 0.216 e. The molecule has 27 heavy (non-hydrogen) atoms. The smallest absolute Gasteiger partial charge is 0.216 e. The molecule has 0 unspecified atom stereocenters. The number of pyridine rings is 1. The Kier molecular flexibility index (Phi) is 3.03. The minimum absolute atomic E-state index is 0.0367. The lowest BCUT2D eigenvalue weighted by molar-refractivity contribution is -0.660. The monoisotopic (exact) mass is 359 g/mol. The molecule has 0 aliphatic heterocycles. The van der Waals surface area contributed by atoms with E-state index in [1.807, 2.05) is 32.0 Å². The molecule has 3 heteroatoms. The van der Waals surface area contributed by atoms with Crippen molar-refractivity contribution in [3.05, 3.63) is 70.6 Å². The predicted octanol–water partition coefficient (Wildman–Crippen LogP) is 6.37. The zero-order valence-electron chi connectivity index (χ0n) is 20.1. The van der Waals surface area contributed by atoms with Gasteiger partial charge in [-0.15, -0.1) is 0 Å². The first-order valence-corrected chi connectivity index (χ1v) is 8.82. The Morgan fingerprint density at radius 3 is 2.63 bits per heavy atom. The number of aromatic nitrogens is 1.